The van der Waals surface area contributed by atoms with Crippen LogP contribution in [0.4, 0.5) is 11.4 Å². The van der Waals surface area contributed by atoms with Crippen LogP contribution < -0.4 is 15.5 Å². The third kappa shape index (κ3) is 5.45. The van der Waals surface area contributed by atoms with Crippen molar-refractivity contribution in [1.82, 2.24) is 10.2 Å². The number of nitrogens with zero attached hydrogens (tertiary/aromatic N) is 2. The van der Waals surface area contributed by atoms with Gasteiger partial charge in [0.05, 0.1) is 6.04 Å². The molecule has 0 spiro atoms. The molecule has 4 nitrogen and oxygen atoms in total. The van der Waals surface area contributed by atoms with Crippen LogP contribution in [0.25, 0.3) is 0 Å². The Hall–Kier alpha value is -2.41. The molecule has 0 bridgehead atoms. The van der Waals surface area contributed by atoms with E-state index in [1.54, 1.807) is 0 Å². The van der Waals surface area contributed by atoms with Crippen LogP contribution >= 0.6 is 23.6 Å². The summed E-state index contributed by atoms with van der Waals surface area (Å²) >= 11 is 7.48. The molecule has 31 heavy (non-hydrogen) atoms. The molecule has 6 heteroatoms. The fourth-order valence-electron chi connectivity index (χ4n) is 4.26. The lowest BCUT2D eigenvalue weighted by Crippen LogP contribution is -2.52. The van der Waals surface area contributed by atoms with E-state index < -0.39 is 0 Å². The molecule has 1 aliphatic heterocycles. The molecule has 4 rings (SSSR count). The van der Waals surface area contributed by atoms with E-state index in [4.69, 9.17) is 12.2 Å². The second-order valence-corrected chi connectivity index (χ2v) is 9.41. The molecule has 2 atom stereocenters. The van der Waals surface area contributed by atoms with Crippen molar-refractivity contribution in [3.05, 3.63) is 82.6 Å². The summed E-state index contributed by atoms with van der Waals surface area (Å²) < 4.78 is 0. The van der Waals surface area contributed by atoms with Gasteiger partial charge < -0.3 is 15.5 Å². The van der Waals surface area contributed by atoms with Crippen LogP contribution in [-0.2, 0) is 0 Å². The molecule has 1 saturated heterocycles. The molecule has 1 aromatic heterocycles. The molecular weight excluding hydrogens is 420 g/mol. The number of anilines is 2. The SMILES string of the molecule is Cc1ccccc1NC(=S)N[C@H](C)[C@H](c1cccs1)N1CCN(c2ccccc2)CC1. The van der Waals surface area contributed by atoms with E-state index in [0.29, 0.717) is 5.11 Å². The first-order valence-corrected chi connectivity index (χ1v) is 12.1. The van der Waals surface area contributed by atoms with E-state index in [0.717, 1.165) is 31.9 Å². The summed E-state index contributed by atoms with van der Waals surface area (Å²) in [6, 6.07) is 23.8. The van der Waals surface area contributed by atoms with Crippen molar-refractivity contribution in [2.45, 2.75) is 25.9 Å². The monoisotopic (exact) mass is 450 g/mol. The number of rotatable bonds is 6. The van der Waals surface area contributed by atoms with Gasteiger partial charge in [-0.2, -0.15) is 0 Å². The van der Waals surface area contributed by atoms with E-state index in [-0.39, 0.29) is 12.1 Å². The third-order valence-corrected chi connectivity index (χ3v) is 7.05. The molecule has 0 unspecified atom stereocenters. The van der Waals surface area contributed by atoms with Gasteiger partial charge in [0, 0.05) is 48.5 Å². The molecule has 0 radical (unpaired) electrons. The number of para-hydroxylation sites is 2. The smallest absolute Gasteiger partial charge is 0.171 e. The highest BCUT2D eigenvalue weighted by Crippen LogP contribution is 2.30. The van der Waals surface area contributed by atoms with E-state index in [1.165, 1.54) is 16.1 Å². The Morgan fingerprint density at radius 2 is 1.65 bits per heavy atom. The topological polar surface area (TPSA) is 30.5 Å². The van der Waals surface area contributed by atoms with E-state index >= 15 is 0 Å². The zero-order valence-electron chi connectivity index (χ0n) is 18.1. The lowest BCUT2D eigenvalue weighted by atomic mass is 10.0. The first-order valence-electron chi connectivity index (χ1n) is 10.8. The minimum Gasteiger partial charge on any atom is -0.369 e. The fourth-order valence-corrected chi connectivity index (χ4v) is 5.52. The minimum absolute atomic E-state index is 0.186. The summed E-state index contributed by atoms with van der Waals surface area (Å²) in [6.45, 7) is 8.45. The summed E-state index contributed by atoms with van der Waals surface area (Å²) in [4.78, 5) is 6.45. The largest absolute Gasteiger partial charge is 0.369 e. The van der Waals surface area contributed by atoms with Gasteiger partial charge in [0.15, 0.2) is 5.11 Å². The number of hydrogen-bond acceptors (Lipinski definition) is 4. The number of benzene rings is 2. The first kappa shape index (κ1) is 21.8. The maximum atomic E-state index is 5.66. The Kier molecular flexibility index (Phi) is 7.22. The maximum Gasteiger partial charge on any atom is 0.171 e. The molecule has 1 fully saturated rings. The van der Waals surface area contributed by atoms with Crippen LogP contribution in [0.2, 0.25) is 0 Å². The van der Waals surface area contributed by atoms with Gasteiger partial charge in [0.1, 0.15) is 0 Å². The Morgan fingerprint density at radius 1 is 0.935 bits per heavy atom. The van der Waals surface area contributed by atoms with Crippen molar-refractivity contribution in [3.8, 4) is 0 Å². The van der Waals surface area contributed by atoms with Crippen molar-refractivity contribution in [2.24, 2.45) is 0 Å². The second kappa shape index (κ2) is 10.3. The number of aryl methyl sites for hydroxylation is 1. The highest BCUT2D eigenvalue weighted by atomic mass is 32.1. The van der Waals surface area contributed by atoms with E-state index in [1.807, 2.05) is 23.5 Å². The van der Waals surface area contributed by atoms with Gasteiger partial charge in [-0.25, -0.2) is 0 Å². The molecule has 3 aromatic rings. The van der Waals surface area contributed by atoms with E-state index in [9.17, 15) is 0 Å². The van der Waals surface area contributed by atoms with Gasteiger partial charge in [0.2, 0.25) is 0 Å². The highest BCUT2D eigenvalue weighted by molar-refractivity contribution is 7.80. The van der Waals surface area contributed by atoms with Gasteiger partial charge in [-0.05, 0) is 61.3 Å². The number of nitrogens with one attached hydrogen (secondary N) is 2. The minimum atomic E-state index is 0.186. The van der Waals surface area contributed by atoms with Gasteiger partial charge in [-0.15, -0.1) is 11.3 Å². The van der Waals surface area contributed by atoms with Crippen LogP contribution in [0.3, 0.4) is 0 Å². The summed E-state index contributed by atoms with van der Waals surface area (Å²) in [6.07, 6.45) is 0. The summed E-state index contributed by atoms with van der Waals surface area (Å²) in [5, 5.41) is 9.76. The predicted octanol–water partition coefficient (Wildman–Crippen LogP) is 5.29. The van der Waals surface area contributed by atoms with Gasteiger partial charge in [0.25, 0.3) is 0 Å². The number of thiocarbonyl (C=S) groups is 1. The molecule has 0 saturated carbocycles. The maximum absolute atomic E-state index is 5.66. The Balaban J connectivity index is 1.42. The van der Waals surface area contributed by atoms with Gasteiger partial charge in [-0.1, -0.05) is 42.5 Å². The molecule has 2 heterocycles. The van der Waals surface area contributed by atoms with Crippen molar-refractivity contribution in [2.75, 3.05) is 36.4 Å². The van der Waals surface area contributed by atoms with E-state index in [2.05, 4.69) is 94.3 Å². The summed E-state index contributed by atoms with van der Waals surface area (Å²) in [5.74, 6) is 0. The fraction of sp³-hybridized carbons (Fsp3) is 0.320. The number of thiophene rings is 1. The Labute approximate surface area is 194 Å². The molecule has 0 amide bonds. The third-order valence-electron chi connectivity index (χ3n) is 5.89. The van der Waals surface area contributed by atoms with Crippen LogP contribution in [0.5, 0.6) is 0 Å². The van der Waals surface area contributed by atoms with Crippen LogP contribution in [-0.4, -0.2) is 42.2 Å². The molecular formula is C25H30N4S2. The predicted molar refractivity (Wildman–Crippen MR) is 137 cm³/mol. The molecule has 1 aliphatic rings. The number of hydrogen-bond donors (Lipinski definition) is 2. The molecule has 2 aromatic carbocycles. The molecule has 2 N–H and O–H groups in total. The molecule has 0 aliphatic carbocycles. The van der Waals surface area contributed by atoms with Gasteiger partial charge in [-0.3, -0.25) is 4.90 Å². The van der Waals surface area contributed by atoms with Crippen LogP contribution in [0, 0.1) is 6.92 Å². The lowest BCUT2D eigenvalue weighted by Gasteiger charge is -2.42. The van der Waals surface area contributed by atoms with Crippen LogP contribution in [0.1, 0.15) is 23.4 Å². The zero-order chi connectivity index (χ0) is 21.6. The lowest BCUT2D eigenvalue weighted by molar-refractivity contribution is 0.163. The summed E-state index contributed by atoms with van der Waals surface area (Å²) in [5.41, 5.74) is 3.55. The van der Waals surface area contributed by atoms with Crippen molar-refractivity contribution < 1.29 is 0 Å². The number of piperazine rings is 1. The second-order valence-electron chi connectivity index (χ2n) is 8.02. The zero-order valence-corrected chi connectivity index (χ0v) is 19.8. The van der Waals surface area contributed by atoms with Gasteiger partial charge >= 0.3 is 0 Å². The van der Waals surface area contributed by atoms with Crippen LogP contribution in [0.15, 0.2) is 72.1 Å². The Morgan fingerprint density at radius 3 is 2.32 bits per heavy atom. The van der Waals surface area contributed by atoms with Crippen molar-refractivity contribution >= 4 is 40.0 Å². The average molecular weight is 451 g/mol. The first-order chi connectivity index (χ1) is 15.1. The quantitative estimate of drug-likeness (QED) is 0.498. The Bertz CT molecular complexity index is 966. The standard InChI is InChI=1S/C25H30N4S2/c1-19-9-6-7-12-22(19)27-25(30)26-20(2)24(23-13-8-18-31-23)29-16-14-28(15-17-29)21-10-4-3-5-11-21/h3-13,18,20,24H,14-17H2,1-2H3,(H2,26,27,30)/t20-,24-/m1/s1. The van der Waals surface area contributed by atoms with Crippen molar-refractivity contribution in [1.29, 1.82) is 0 Å². The molecule has 162 valence electrons. The summed E-state index contributed by atoms with van der Waals surface area (Å²) in [7, 11) is 0. The average Bonchev–Trinajstić information content (AvgIpc) is 3.31. The highest BCUT2D eigenvalue weighted by Gasteiger charge is 2.30. The normalized spacial score (nSPS) is 16.5. The van der Waals surface area contributed by atoms with Crippen molar-refractivity contribution in [3.63, 3.8) is 0 Å².